The fraction of sp³-hybridized carbons (Fsp3) is 0.176. The van der Waals surface area contributed by atoms with Crippen LogP contribution in [0.15, 0.2) is 48.5 Å². The highest BCUT2D eigenvalue weighted by Gasteiger charge is 2.19. The Labute approximate surface area is 122 Å². The summed E-state index contributed by atoms with van der Waals surface area (Å²) in [5, 5.41) is 12.9. The lowest BCUT2D eigenvalue weighted by molar-refractivity contribution is 0.220. The molecule has 0 aliphatic carbocycles. The van der Waals surface area contributed by atoms with Crippen LogP contribution >= 0.6 is 11.3 Å². The van der Waals surface area contributed by atoms with E-state index in [9.17, 15) is 5.11 Å². The molecule has 2 aromatic carbocycles. The lowest BCUT2D eigenvalue weighted by atomic mass is 9.98. The predicted octanol–water partition coefficient (Wildman–Crippen LogP) is 4.30. The van der Waals surface area contributed by atoms with Gasteiger partial charge in [0.1, 0.15) is 11.9 Å². The molecule has 0 spiro atoms. The Morgan fingerprint density at radius 2 is 1.85 bits per heavy atom. The summed E-state index contributed by atoms with van der Waals surface area (Å²) in [5.41, 5.74) is 0.840. The van der Waals surface area contributed by atoms with Crippen molar-refractivity contribution in [2.24, 2.45) is 0 Å². The van der Waals surface area contributed by atoms with Crippen LogP contribution in [0.4, 0.5) is 0 Å². The van der Waals surface area contributed by atoms with E-state index in [4.69, 9.17) is 4.74 Å². The van der Waals surface area contributed by atoms with E-state index in [1.807, 2.05) is 55.5 Å². The van der Waals surface area contributed by atoms with Crippen LogP contribution in [-0.4, -0.2) is 12.2 Å². The van der Waals surface area contributed by atoms with E-state index < -0.39 is 6.10 Å². The van der Waals surface area contributed by atoms with Crippen LogP contribution in [0.1, 0.15) is 21.4 Å². The summed E-state index contributed by atoms with van der Waals surface area (Å²) >= 11 is 1.61. The van der Waals surface area contributed by atoms with Crippen molar-refractivity contribution in [3.63, 3.8) is 0 Å². The molecule has 3 heteroatoms. The maximum atomic E-state index is 10.7. The Hall–Kier alpha value is -1.84. The Kier molecular flexibility index (Phi) is 3.47. The third-order valence-corrected chi connectivity index (χ3v) is 4.51. The molecule has 1 N–H and O–H groups in total. The molecule has 1 unspecified atom stereocenters. The number of aliphatic hydroxyl groups excluding tert-OH is 1. The molecule has 0 saturated heterocycles. The minimum atomic E-state index is -0.658. The van der Waals surface area contributed by atoms with Gasteiger partial charge in [0.05, 0.1) is 7.11 Å². The van der Waals surface area contributed by atoms with Gasteiger partial charge in [-0.2, -0.15) is 0 Å². The predicted molar refractivity (Wildman–Crippen MR) is 83.6 cm³/mol. The van der Waals surface area contributed by atoms with E-state index in [-0.39, 0.29) is 0 Å². The first-order chi connectivity index (χ1) is 9.70. The second kappa shape index (κ2) is 5.27. The van der Waals surface area contributed by atoms with Gasteiger partial charge in [0.25, 0.3) is 0 Å². The number of aliphatic hydroxyl groups is 1. The van der Waals surface area contributed by atoms with Crippen LogP contribution in [0.5, 0.6) is 5.75 Å². The number of ether oxygens (including phenoxy) is 1. The number of rotatable bonds is 3. The van der Waals surface area contributed by atoms with Crippen molar-refractivity contribution >= 4 is 22.1 Å². The minimum absolute atomic E-state index is 0.658. The highest BCUT2D eigenvalue weighted by molar-refractivity contribution is 7.12. The number of fused-ring (bicyclic) bond motifs is 1. The molecular formula is C17H16O2S. The fourth-order valence-corrected chi connectivity index (χ4v) is 3.35. The molecule has 0 radical (unpaired) electrons. The van der Waals surface area contributed by atoms with Crippen molar-refractivity contribution in [1.82, 2.24) is 0 Å². The summed E-state index contributed by atoms with van der Waals surface area (Å²) in [7, 11) is 1.64. The molecule has 0 amide bonds. The number of benzene rings is 2. The van der Waals surface area contributed by atoms with Crippen molar-refractivity contribution in [1.29, 1.82) is 0 Å². The van der Waals surface area contributed by atoms with Gasteiger partial charge in [0.2, 0.25) is 0 Å². The normalized spacial score (nSPS) is 12.6. The number of hydrogen-bond donors (Lipinski definition) is 1. The maximum absolute atomic E-state index is 10.7. The average Bonchev–Trinajstić information content (AvgIpc) is 2.92. The van der Waals surface area contributed by atoms with E-state index in [1.165, 1.54) is 4.88 Å². The highest BCUT2D eigenvalue weighted by atomic mass is 32.1. The topological polar surface area (TPSA) is 29.5 Å². The Morgan fingerprint density at radius 3 is 2.55 bits per heavy atom. The van der Waals surface area contributed by atoms with Gasteiger partial charge in [0, 0.05) is 15.3 Å². The molecule has 20 heavy (non-hydrogen) atoms. The van der Waals surface area contributed by atoms with Crippen LogP contribution in [0.2, 0.25) is 0 Å². The van der Waals surface area contributed by atoms with Gasteiger partial charge in [0.15, 0.2) is 0 Å². The maximum Gasteiger partial charge on any atom is 0.125 e. The van der Waals surface area contributed by atoms with E-state index >= 15 is 0 Å². The first kappa shape index (κ1) is 13.2. The molecule has 2 nitrogen and oxygen atoms in total. The molecule has 1 aromatic heterocycles. The van der Waals surface area contributed by atoms with E-state index in [0.29, 0.717) is 0 Å². The number of hydrogen-bond acceptors (Lipinski definition) is 3. The molecule has 1 heterocycles. The number of methoxy groups -OCH3 is 1. The van der Waals surface area contributed by atoms with Crippen molar-refractivity contribution in [2.75, 3.05) is 7.11 Å². The Bertz CT molecular complexity index is 746. The van der Waals surface area contributed by atoms with Gasteiger partial charge in [-0.3, -0.25) is 0 Å². The van der Waals surface area contributed by atoms with Gasteiger partial charge < -0.3 is 9.84 Å². The molecule has 0 fully saturated rings. The first-order valence-electron chi connectivity index (χ1n) is 6.50. The summed E-state index contributed by atoms with van der Waals surface area (Å²) in [5.74, 6) is 0.724. The van der Waals surface area contributed by atoms with Crippen molar-refractivity contribution in [3.8, 4) is 5.75 Å². The quantitative estimate of drug-likeness (QED) is 0.777. The monoisotopic (exact) mass is 284 g/mol. The highest BCUT2D eigenvalue weighted by Crippen LogP contribution is 2.38. The van der Waals surface area contributed by atoms with Gasteiger partial charge in [-0.05, 0) is 35.9 Å². The van der Waals surface area contributed by atoms with Gasteiger partial charge in [-0.15, -0.1) is 11.3 Å². The van der Waals surface area contributed by atoms with Gasteiger partial charge >= 0.3 is 0 Å². The molecule has 3 aromatic rings. The Balaban J connectivity index is 2.22. The van der Waals surface area contributed by atoms with E-state index in [2.05, 4.69) is 0 Å². The standard InChI is InChI=1S/C17H16O2S/c1-11-7-10-15(20-11)17(18)16-13-6-4-3-5-12(13)8-9-14(16)19-2/h3-10,17-18H,1-2H3. The van der Waals surface area contributed by atoms with E-state index in [0.717, 1.165) is 27.0 Å². The molecule has 0 saturated carbocycles. The fourth-order valence-electron chi connectivity index (χ4n) is 2.48. The van der Waals surface area contributed by atoms with Crippen molar-refractivity contribution < 1.29 is 9.84 Å². The van der Waals surface area contributed by atoms with Gasteiger partial charge in [-0.1, -0.05) is 30.3 Å². The largest absolute Gasteiger partial charge is 0.496 e. The zero-order valence-electron chi connectivity index (χ0n) is 11.5. The average molecular weight is 284 g/mol. The van der Waals surface area contributed by atoms with Crippen LogP contribution in [0.3, 0.4) is 0 Å². The van der Waals surface area contributed by atoms with Crippen LogP contribution in [0.25, 0.3) is 10.8 Å². The van der Waals surface area contributed by atoms with Crippen LogP contribution < -0.4 is 4.74 Å². The summed E-state index contributed by atoms with van der Waals surface area (Å²) in [6, 6.07) is 16.0. The SMILES string of the molecule is COc1ccc2ccccc2c1C(O)c1ccc(C)s1. The molecule has 0 aliphatic heterocycles. The summed E-state index contributed by atoms with van der Waals surface area (Å²) < 4.78 is 5.45. The van der Waals surface area contributed by atoms with Crippen molar-refractivity contribution in [3.05, 3.63) is 63.8 Å². The third kappa shape index (κ3) is 2.19. The Morgan fingerprint density at radius 1 is 1.05 bits per heavy atom. The molecule has 1 atom stereocenters. The van der Waals surface area contributed by atoms with Crippen LogP contribution in [0, 0.1) is 6.92 Å². The van der Waals surface area contributed by atoms with Crippen LogP contribution in [-0.2, 0) is 0 Å². The lowest BCUT2D eigenvalue weighted by Crippen LogP contribution is -2.01. The summed E-state index contributed by atoms with van der Waals surface area (Å²) in [4.78, 5) is 2.13. The first-order valence-corrected chi connectivity index (χ1v) is 7.32. The zero-order valence-corrected chi connectivity index (χ0v) is 12.3. The molecular weight excluding hydrogens is 268 g/mol. The number of thiophene rings is 1. The van der Waals surface area contributed by atoms with Crippen molar-refractivity contribution in [2.45, 2.75) is 13.0 Å². The lowest BCUT2D eigenvalue weighted by Gasteiger charge is -2.16. The summed E-state index contributed by atoms with van der Waals surface area (Å²) in [6.07, 6.45) is -0.658. The zero-order chi connectivity index (χ0) is 14.1. The molecule has 0 aliphatic rings. The van der Waals surface area contributed by atoms with E-state index in [1.54, 1.807) is 18.4 Å². The summed E-state index contributed by atoms with van der Waals surface area (Å²) in [6.45, 7) is 2.04. The molecule has 3 rings (SSSR count). The number of aryl methyl sites for hydroxylation is 1. The third-order valence-electron chi connectivity index (χ3n) is 3.45. The van der Waals surface area contributed by atoms with Gasteiger partial charge in [-0.25, -0.2) is 0 Å². The molecule has 102 valence electrons. The molecule has 0 bridgehead atoms. The minimum Gasteiger partial charge on any atom is -0.496 e. The second-order valence-electron chi connectivity index (χ2n) is 4.75. The second-order valence-corrected chi connectivity index (χ2v) is 6.07. The smallest absolute Gasteiger partial charge is 0.125 e.